The molecule has 0 amide bonds. The van der Waals surface area contributed by atoms with Gasteiger partial charge in [-0.3, -0.25) is 4.79 Å². The van der Waals surface area contributed by atoms with Crippen molar-refractivity contribution in [3.8, 4) is 0 Å². The van der Waals surface area contributed by atoms with Crippen LogP contribution in [0, 0.1) is 0 Å². The molecule has 3 aromatic heterocycles. The van der Waals surface area contributed by atoms with Gasteiger partial charge in [-0.1, -0.05) is 0 Å². The Bertz CT molecular complexity index is 404. The van der Waals surface area contributed by atoms with Crippen LogP contribution in [0.4, 0.5) is 0 Å². The molecule has 46 valence electrons. The van der Waals surface area contributed by atoms with Crippen LogP contribution in [0.2, 0.25) is 0 Å². The molecule has 3 rings (SSSR count). The van der Waals surface area contributed by atoms with E-state index in [9.17, 15) is 9.59 Å². The van der Waals surface area contributed by atoms with Crippen LogP contribution in [0.25, 0.3) is 0 Å². The molecule has 0 aliphatic carbocycles. The number of hydrogen-bond donors (Lipinski definition) is 0. The predicted molar refractivity (Wildman–Crippen MR) is 32.4 cm³/mol. The van der Waals surface area contributed by atoms with E-state index in [1.807, 2.05) is 0 Å². The van der Waals surface area contributed by atoms with Crippen molar-refractivity contribution in [2.75, 3.05) is 0 Å². The molecular formula is C4H2N2O2S. The van der Waals surface area contributed by atoms with Crippen molar-refractivity contribution >= 4 is 11.7 Å². The normalized spacial score (nSPS) is 11.1. The maximum Gasteiger partial charge on any atom is 0.360 e. The van der Waals surface area contributed by atoms with E-state index in [-0.39, 0.29) is 11.2 Å². The first-order chi connectivity index (χ1) is 4.29. The van der Waals surface area contributed by atoms with Crippen LogP contribution in [-0.2, 0) is 0 Å². The maximum atomic E-state index is 10.6. The van der Waals surface area contributed by atoms with Gasteiger partial charge in [0.2, 0.25) is 0 Å². The Labute approximate surface area is 53.2 Å². The standard InChI is InChI=1S/C4H2N2O2S/c7-3-1-2-5-4(8)6(3)9-5/h1-2H. The molecule has 3 heterocycles. The third-order valence-electron chi connectivity index (χ3n) is 1.08. The zero-order valence-electron chi connectivity index (χ0n) is 4.27. The number of hydrogen-bond acceptors (Lipinski definition) is 3. The summed E-state index contributed by atoms with van der Waals surface area (Å²) in [5.74, 6) is 0. The van der Waals surface area contributed by atoms with Gasteiger partial charge < -0.3 is 0 Å². The number of aromatic nitrogens is 2. The van der Waals surface area contributed by atoms with Crippen LogP contribution in [0.15, 0.2) is 21.9 Å². The summed E-state index contributed by atoms with van der Waals surface area (Å²) in [6.45, 7) is 0. The van der Waals surface area contributed by atoms with Gasteiger partial charge in [0.25, 0.3) is 5.56 Å². The van der Waals surface area contributed by atoms with Crippen molar-refractivity contribution in [1.29, 1.82) is 0 Å². The quantitative estimate of drug-likeness (QED) is 0.486. The van der Waals surface area contributed by atoms with Crippen LogP contribution < -0.4 is 11.2 Å². The van der Waals surface area contributed by atoms with Crippen LogP contribution >= 0.6 is 11.7 Å². The molecule has 0 atom stereocenters. The largest absolute Gasteiger partial charge is 0.360 e. The highest BCUT2D eigenvalue weighted by atomic mass is 32.1. The topological polar surface area (TPSA) is 43.0 Å². The molecule has 0 fully saturated rings. The number of rotatable bonds is 0. The second-order valence-electron chi connectivity index (χ2n) is 1.64. The summed E-state index contributed by atoms with van der Waals surface area (Å²) in [6.07, 6.45) is 1.47. The molecule has 0 unspecified atom stereocenters. The lowest BCUT2D eigenvalue weighted by atomic mass is 10.7. The highest BCUT2D eigenvalue weighted by Gasteiger charge is 2.03. The molecule has 0 aliphatic rings. The average Bonchev–Trinajstić information content (AvgIpc) is 1.86. The molecule has 0 saturated carbocycles. The van der Waals surface area contributed by atoms with Crippen molar-refractivity contribution in [2.45, 2.75) is 0 Å². The average molecular weight is 142 g/mol. The highest BCUT2D eigenvalue weighted by molar-refractivity contribution is 7.01. The van der Waals surface area contributed by atoms with Gasteiger partial charge >= 0.3 is 5.69 Å². The Kier molecular flexibility index (Phi) is 0.656. The molecule has 2 bridgehead atoms. The molecule has 4 nitrogen and oxygen atoms in total. The van der Waals surface area contributed by atoms with E-state index in [1.165, 1.54) is 16.1 Å². The Morgan fingerprint density at radius 1 is 1.44 bits per heavy atom. The van der Waals surface area contributed by atoms with Crippen LogP contribution in [0.3, 0.4) is 0 Å². The minimum Gasteiger partial charge on any atom is -0.268 e. The lowest BCUT2D eigenvalue weighted by Gasteiger charge is -1.99. The summed E-state index contributed by atoms with van der Waals surface area (Å²) >= 11 is 1.11. The maximum absolute atomic E-state index is 10.6. The molecule has 0 aliphatic heterocycles. The van der Waals surface area contributed by atoms with Crippen LogP contribution in [0.5, 0.6) is 0 Å². The van der Waals surface area contributed by atoms with Crippen LogP contribution in [0.1, 0.15) is 0 Å². The molecule has 3 aromatic rings. The van der Waals surface area contributed by atoms with E-state index in [2.05, 4.69) is 0 Å². The van der Waals surface area contributed by atoms with Crippen molar-refractivity contribution < 1.29 is 0 Å². The Hall–Kier alpha value is -1.10. The van der Waals surface area contributed by atoms with E-state index >= 15 is 0 Å². The van der Waals surface area contributed by atoms with Gasteiger partial charge in [0.15, 0.2) is 0 Å². The van der Waals surface area contributed by atoms with Gasteiger partial charge in [-0.15, -0.1) is 0 Å². The second kappa shape index (κ2) is 1.24. The van der Waals surface area contributed by atoms with E-state index in [4.69, 9.17) is 0 Å². The zero-order chi connectivity index (χ0) is 6.43. The Balaban J connectivity index is 3.21. The van der Waals surface area contributed by atoms with Crippen molar-refractivity contribution in [3.05, 3.63) is 33.1 Å². The molecule has 0 spiro atoms. The third-order valence-corrected chi connectivity index (χ3v) is 2.04. The highest BCUT2D eigenvalue weighted by Crippen LogP contribution is 1.87. The minimum absolute atomic E-state index is 0.243. The fourth-order valence-electron chi connectivity index (χ4n) is 0.639. The summed E-state index contributed by atoms with van der Waals surface area (Å²) in [5.41, 5.74) is -0.486. The van der Waals surface area contributed by atoms with Crippen molar-refractivity contribution in [1.82, 2.24) is 7.58 Å². The molecule has 5 heteroatoms. The third kappa shape index (κ3) is 0.418. The summed E-state index contributed by atoms with van der Waals surface area (Å²) in [4.78, 5) is 21.2. The van der Waals surface area contributed by atoms with Gasteiger partial charge in [0.1, 0.15) is 0 Å². The molecule has 0 saturated heterocycles. The SMILES string of the molecule is O=c1ccn2sn1c2=O. The van der Waals surface area contributed by atoms with E-state index < -0.39 is 0 Å². The minimum atomic E-state index is -0.243. The van der Waals surface area contributed by atoms with Crippen molar-refractivity contribution in [3.63, 3.8) is 0 Å². The summed E-state index contributed by atoms with van der Waals surface area (Å²) in [7, 11) is 0. The van der Waals surface area contributed by atoms with Gasteiger partial charge in [-0.25, -0.2) is 8.58 Å². The first-order valence-corrected chi connectivity index (χ1v) is 3.05. The van der Waals surface area contributed by atoms with E-state index in [0.29, 0.717) is 0 Å². The second-order valence-corrected chi connectivity index (χ2v) is 2.56. The van der Waals surface area contributed by atoms with Gasteiger partial charge in [0, 0.05) is 24.0 Å². The van der Waals surface area contributed by atoms with Gasteiger partial charge in [-0.05, 0) is 0 Å². The Morgan fingerprint density at radius 2 is 2.22 bits per heavy atom. The molecule has 0 N–H and O–H groups in total. The van der Waals surface area contributed by atoms with Gasteiger partial charge in [0.05, 0.1) is 0 Å². The Morgan fingerprint density at radius 3 is 2.56 bits per heavy atom. The van der Waals surface area contributed by atoms with Crippen LogP contribution in [-0.4, -0.2) is 7.58 Å². The van der Waals surface area contributed by atoms with E-state index in [1.54, 1.807) is 0 Å². The molecule has 0 radical (unpaired) electrons. The van der Waals surface area contributed by atoms with Gasteiger partial charge in [-0.2, -0.15) is 3.79 Å². The monoisotopic (exact) mass is 142 g/mol. The summed E-state index contributed by atoms with van der Waals surface area (Å²) in [6, 6.07) is 1.36. The van der Waals surface area contributed by atoms with E-state index in [0.717, 1.165) is 15.5 Å². The number of nitrogens with zero attached hydrogens (tertiary/aromatic N) is 2. The lowest BCUT2D eigenvalue weighted by molar-refractivity contribution is 0.905. The number of fused-ring (bicyclic) bond motifs is 2. The summed E-state index contributed by atoms with van der Waals surface area (Å²) < 4.78 is 2.49. The van der Waals surface area contributed by atoms with Crippen molar-refractivity contribution in [2.24, 2.45) is 0 Å². The zero-order valence-corrected chi connectivity index (χ0v) is 5.09. The predicted octanol–water partition coefficient (Wildman–Crippen LogP) is -0.741. The smallest absolute Gasteiger partial charge is 0.268 e. The lowest BCUT2D eigenvalue weighted by Crippen LogP contribution is -2.35. The fourth-order valence-corrected chi connectivity index (χ4v) is 1.27. The first kappa shape index (κ1) is 4.75. The first-order valence-electron chi connectivity index (χ1n) is 2.32. The molecule has 9 heavy (non-hydrogen) atoms. The summed E-state index contributed by atoms with van der Waals surface area (Å²) in [5, 5.41) is 0. The fraction of sp³-hybridized carbons (Fsp3) is 0. The molecular weight excluding hydrogens is 140 g/mol. The molecule has 0 aromatic carbocycles.